The molecule has 0 radical (unpaired) electrons. The van der Waals surface area contributed by atoms with E-state index in [0.717, 1.165) is 0 Å². The van der Waals surface area contributed by atoms with Crippen molar-refractivity contribution < 1.29 is 24.5 Å². The van der Waals surface area contributed by atoms with Gasteiger partial charge in [0.2, 0.25) is 0 Å². The largest absolute Gasteiger partial charge is 0.505 e. The fourth-order valence-electron chi connectivity index (χ4n) is 2.59. The number of para-hydroxylation sites is 1. The molecular formula is C20H15N3O5. The number of benzene rings is 2. The van der Waals surface area contributed by atoms with E-state index in [2.05, 4.69) is 10.3 Å². The molecule has 1 aromatic heterocycles. The molecule has 0 saturated carbocycles. The van der Waals surface area contributed by atoms with E-state index >= 15 is 0 Å². The van der Waals surface area contributed by atoms with Gasteiger partial charge in [0, 0.05) is 5.39 Å². The number of nitriles is 1. The van der Waals surface area contributed by atoms with Crippen molar-refractivity contribution >= 4 is 22.6 Å². The zero-order valence-electron chi connectivity index (χ0n) is 14.7. The highest BCUT2D eigenvalue weighted by atomic mass is 16.5. The Hall–Kier alpha value is -4.12. The Morgan fingerprint density at radius 2 is 1.89 bits per heavy atom. The first-order chi connectivity index (χ1) is 13.4. The number of hydrogen-bond donors (Lipinski definition) is 3. The fourth-order valence-corrected chi connectivity index (χ4v) is 2.59. The van der Waals surface area contributed by atoms with E-state index in [1.54, 1.807) is 36.4 Å². The SMILES string of the molecule is C[C@@H](NC(=O)c1nc(C#N)c2c(Oc3ccccc3)cccc2c1O)C(=O)O. The van der Waals surface area contributed by atoms with Crippen LogP contribution in [0.4, 0.5) is 0 Å². The van der Waals surface area contributed by atoms with Crippen LogP contribution in [0.15, 0.2) is 48.5 Å². The lowest BCUT2D eigenvalue weighted by Gasteiger charge is -2.14. The number of aromatic hydroxyl groups is 1. The number of hydrogen-bond acceptors (Lipinski definition) is 6. The van der Waals surface area contributed by atoms with Gasteiger partial charge in [-0.3, -0.25) is 9.59 Å². The lowest BCUT2D eigenvalue weighted by atomic mass is 10.1. The van der Waals surface area contributed by atoms with Gasteiger partial charge in [0.25, 0.3) is 5.91 Å². The number of aromatic nitrogens is 1. The third-order valence-corrected chi connectivity index (χ3v) is 3.98. The molecule has 0 aliphatic heterocycles. The van der Waals surface area contributed by atoms with Crippen molar-refractivity contribution in [2.24, 2.45) is 0 Å². The molecular weight excluding hydrogens is 362 g/mol. The predicted molar refractivity (Wildman–Crippen MR) is 99.2 cm³/mol. The Bertz CT molecular complexity index is 1110. The number of carbonyl (C=O) groups excluding carboxylic acids is 1. The Morgan fingerprint density at radius 1 is 1.18 bits per heavy atom. The molecule has 0 bridgehead atoms. The van der Waals surface area contributed by atoms with Crippen molar-refractivity contribution in [3.8, 4) is 23.3 Å². The zero-order valence-corrected chi connectivity index (χ0v) is 14.7. The number of ether oxygens (including phenoxy) is 1. The van der Waals surface area contributed by atoms with Crippen molar-refractivity contribution in [2.45, 2.75) is 13.0 Å². The van der Waals surface area contributed by atoms with E-state index < -0.39 is 29.4 Å². The molecule has 0 saturated heterocycles. The fraction of sp³-hybridized carbons (Fsp3) is 0.100. The van der Waals surface area contributed by atoms with E-state index in [1.807, 2.05) is 12.1 Å². The average Bonchev–Trinajstić information content (AvgIpc) is 2.69. The standard InChI is InChI=1S/C20H15N3O5/c1-11(20(26)27)22-19(25)17-18(24)13-8-5-9-15(16(13)14(10-21)23-17)28-12-6-3-2-4-7-12/h2-9,11,24H,1H3,(H,22,25)(H,26,27)/t11-/m1/s1. The summed E-state index contributed by atoms with van der Waals surface area (Å²) in [5.41, 5.74) is -0.568. The Balaban J connectivity index is 2.12. The highest BCUT2D eigenvalue weighted by molar-refractivity contribution is 6.05. The van der Waals surface area contributed by atoms with E-state index in [-0.39, 0.29) is 22.2 Å². The first kappa shape index (κ1) is 18.7. The topological polar surface area (TPSA) is 133 Å². The lowest BCUT2D eigenvalue weighted by molar-refractivity contribution is -0.138. The number of carboxylic acids is 1. The Labute approximate surface area is 159 Å². The summed E-state index contributed by atoms with van der Waals surface area (Å²) >= 11 is 0. The van der Waals surface area contributed by atoms with Gasteiger partial charge in [-0.2, -0.15) is 5.26 Å². The second kappa shape index (κ2) is 7.63. The quantitative estimate of drug-likeness (QED) is 0.623. The van der Waals surface area contributed by atoms with Crippen LogP contribution < -0.4 is 10.1 Å². The van der Waals surface area contributed by atoms with Gasteiger partial charge >= 0.3 is 5.97 Å². The van der Waals surface area contributed by atoms with Gasteiger partial charge in [-0.05, 0) is 25.1 Å². The molecule has 2 aromatic carbocycles. The maximum atomic E-state index is 12.3. The molecule has 0 aliphatic carbocycles. The minimum Gasteiger partial charge on any atom is -0.505 e. The number of fused-ring (bicyclic) bond motifs is 1. The summed E-state index contributed by atoms with van der Waals surface area (Å²) in [7, 11) is 0. The number of nitrogens with one attached hydrogen (secondary N) is 1. The number of carboxylic acid groups (broad SMARTS) is 1. The van der Waals surface area contributed by atoms with Gasteiger partial charge < -0.3 is 20.3 Å². The molecule has 0 unspecified atom stereocenters. The molecule has 0 spiro atoms. The molecule has 8 heteroatoms. The van der Waals surface area contributed by atoms with E-state index in [1.165, 1.54) is 13.0 Å². The van der Waals surface area contributed by atoms with Crippen LogP contribution in [0.25, 0.3) is 10.8 Å². The first-order valence-electron chi connectivity index (χ1n) is 8.24. The van der Waals surface area contributed by atoms with Crippen molar-refractivity contribution in [1.29, 1.82) is 5.26 Å². The number of aliphatic carboxylic acids is 1. The predicted octanol–water partition coefficient (Wildman–Crippen LogP) is 2.81. The highest BCUT2D eigenvalue weighted by Gasteiger charge is 2.24. The van der Waals surface area contributed by atoms with Crippen LogP contribution in [0.2, 0.25) is 0 Å². The summed E-state index contributed by atoms with van der Waals surface area (Å²) < 4.78 is 5.81. The Kier molecular flexibility index (Phi) is 5.09. The zero-order chi connectivity index (χ0) is 20.3. The van der Waals surface area contributed by atoms with Gasteiger partial charge in [0.15, 0.2) is 17.1 Å². The van der Waals surface area contributed by atoms with Crippen LogP contribution >= 0.6 is 0 Å². The molecule has 3 rings (SSSR count). The van der Waals surface area contributed by atoms with Crippen molar-refractivity contribution in [2.75, 3.05) is 0 Å². The van der Waals surface area contributed by atoms with Crippen LogP contribution in [0.5, 0.6) is 17.2 Å². The monoisotopic (exact) mass is 377 g/mol. The highest BCUT2D eigenvalue weighted by Crippen LogP contribution is 2.37. The first-order valence-corrected chi connectivity index (χ1v) is 8.24. The van der Waals surface area contributed by atoms with Crippen LogP contribution in [-0.4, -0.2) is 33.1 Å². The second-order valence-electron chi connectivity index (χ2n) is 5.90. The maximum Gasteiger partial charge on any atom is 0.325 e. The van der Waals surface area contributed by atoms with Crippen LogP contribution in [-0.2, 0) is 4.79 Å². The molecule has 1 atom stereocenters. The van der Waals surface area contributed by atoms with Gasteiger partial charge in [-0.1, -0.05) is 30.3 Å². The molecule has 140 valence electrons. The minimum atomic E-state index is -1.24. The minimum absolute atomic E-state index is 0.132. The normalized spacial score (nSPS) is 11.4. The van der Waals surface area contributed by atoms with Crippen molar-refractivity contribution in [3.05, 3.63) is 59.9 Å². The van der Waals surface area contributed by atoms with Crippen molar-refractivity contribution in [3.63, 3.8) is 0 Å². The second-order valence-corrected chi connectivity index (χ2v) is 5.90. The lowest BCUT2D eigenvalue weighted by Crippen LogP contribution is -2.38. The maximum absolute atomic E-state index is 12.3. The van der Waals surface area contributed by atoms with Gasteiger partial charge in [0.05, 0.1) is 5.39 Å². The van der Waals surface area contributed by atoms with Crippen LogP contribution in [0, 0.1) is 11.3 Å². The molecule has 8 nitrogen and oxygen atoms in total. The van der Waals surface area contributed by atoms with E-state index in [4.69, 9.17) is 9.84 Å². The van der Waals surface area contributed by atoms with Crippen LogP contribution in [0.1, 0.15) is 23.1 Å². The number of nitrogens with zero attached hydrogens (tertiary/aromatic N) is 2. The summed E-state index contributed by atoms with van der Waals surface area (Å²) in [6.45, 7) is 1.27. The molecule has 3 aromatic rings. The third kappa shape index (κ3) is 3.54. The molecule has 1 amide bonds. The van der Waals surface area contributed by atoms with Crippen molar-refractivity contribution in [1.82, 2.24) is 10.3 Å². The van der Waals surface area contributed by atoms with E-state index in [0.29, 0.717) is 5.75 Å². The van der Waals surface area contributed by atoms with E-state index in [9.17, 15) is 20.0 Å². The molecule has 0 aliphatic rings. The molecule has 28 heavy (non-hydrogen) atoms. The van der Waals surface area contributed by atoms with Gasteiger partial charge in [-0.15, -0.1) is 0 Å². The molecule has 1 heterocycles. The molecule has 3 N–H and O–H groups in total. The average molecular weight is 377 g/mol. The number of pyridine rings is 1. The number of carbonyl (C=O) groups is 2. The van der Waals surface area contributed by atoms with Gasteiger partial charge in [-0.25, -0.2) is 4.98 Å². The number of rotatable bonds is 5. The molecule has 0 fully saturated rings. The van der Waals surface area contributed by atoms with Gasteiger partial charge in [0.1, 0.15) is 23.6 Å². The summed E-state index contributed by atoms with van der Waals surface area (Å²) in [6.07, 6.45) is 0. The Morgan fingerprint density at radius 3 is 2.54 bits per heavy atom. The summed E-state index contributed by atoms with van der Waals surface area (Å²) in [5.74, 6) is -1.81. The summed E-state index contributed by atoms with van der Waals surface area (Å²) in [5, 5.41) is 31.6. The van der Waals surface area contributed by atoms with Crippen LogP contribution in [0.3, 0.4) is 0 Å². The summed E-state index contributed by atoms with van der Waals surface area (Å²) in [6, 6.07) is 14.3. The number of amides is 1. The third-order valence-electron chi connectivity index (χ3n) is 3.98. The summed E-state index contributed by atoms with van der Waals surface area (Å²) in [4.78, 5) is 27.2. The smallest absolute Gasteiger partial charge is 0.325 e.